The molecule has 7 rings (SSSR count). The first kappa shape index (κ1) is 24.2. The second kappa shape index (κ2) is 8.32. The van der Waals surface area contributed by atoms with E-state index >= 15 is 4.39 Å². The molecular weight excluding hydrogens is 493 g/mol. The van der Waals surface area contributed by atoms with Crippen LogP contribution >= 0.6 is 0 Å². The van der Waals surface area contributed by atoms with Crippen molar-refractivity contribution in [3.63, 3.8) is 0 Å². The number of pyridine rings is 1. The highest BCUT2D eigenvalue weighted by Gasteiger charge is 2.46. The molecule has 1 aliphatic heterocycles. The number of nitrogens with one attached hydrogen (secondary N) is 2. The Balaban J connectivity index is 1.22. The summed E-state index contributed by atoms with van der Waals surface area (Å²) in [6.45, 7) is 7.10. The molecule has 3 aromatic heterocycles. The molecule has 0 unspecified atom stereocenters. The van der Waals surface area contributed by atoms with Crippen molar-refractivity contribution in [1.29, 1.82) is 0 Å². The number of nitrogens with zero attached hydrogens (tertiary/aromatic N) is 4. The molecule has 9 heteroatoms. The van der Waals surface area contributed by atoms with Gasteiger partial charge in [-0.25, -0.2) is 4.39 Å². The molecule has 1 saturated heterocycles. The predicted molar refractivity (Wildman–Crippen MR) is 149 cm³/mol. The van der Waals surface area contributed by atoms with Crippen LogP contribution in [0, 0.1) is 17.8 Å². The number of anilines is 1. The predicted octanol–water partition coefficient (Wildman–Crippen LogP) is 4.50. The fourth-order valence-electron chi connectivity index (χ4n) is 6.88. The number of aromatic nitrogens is 5. The van der Waals surface area contributed by atoms with Crippen molar-refractivity contribution >= 4 is 22.6 Å². The summed E-state index contributed by atoms with van der Waals surface area (Å²) in [4.78, 5) is 28.0. The fraction of sp³-hybridized carbons (Fsp3) is 0.400. The van der Waals surface area contributed by atoms with Crippen molar-refractivity contribution in [3.05, 3.63) is 86.4 Å². The zero-order chi connectivity index (χ0) is 27.1. The van der Waals surface area contributed by atoms with E-state index in [1.54, 1.807) is 0 Å². The van der Waals surface area contributed by atoms with Crippen LogP contribution in [-0.4, -0.2) is 38.2 Å². The number of halogens is 1. The monoisotopic (exact) mass is 525 g/mol. The van der Waals surface area contributed by atoms with Gasteiger partial charge in [0.1, 0.15) is 16.9 Å². The van der Waals surface area contributed by atoms with E-state index in [0.717, 1.165) is 43.7 Å². The van der Waals surface area contributed by atoms with E-state index in [4.69, 9.17) is 10.7 Å². The van der Waals surface area contributed by atoms with E-state index in [0.29, 0.717) is 29.2 Å². The topological polar surface area (TPSA) is 117 Å². The van der Waals surface area contributed by atoms with E-state index in [1.165, 1.54) is 11.1 Å². The number of benzene rings is 1. The minimum absolute atomic E-state index is 0.0181. The van der Waals surface area contributed by atoms with Gasteiger partial charge in [-0.05, 0) is 48.8 Å². The number of rotatable bonds is 2. The summed E-state index contributed by atoms with van der Waals surface area (Å²) < 4.78 is 15.9. The van der Waals surface area contributed by atoms with Crippen LogP contribution < -0.4 is 16.2 Å². The normalized spacial score (nSPS) is 21.5. The average Bonchev–Trinajstić information content (AvgIpc) is 3.45. The average molecular weight is 526 g/mol. The molecule has 0 saturated carbocycles. The van der Waals surface area contributed by atoms with Crippen LogP contribution in [0.2, 0.25) is 0 Å². The lowest BCUT2D eigenvalue weighted by atomic mass is 9.73. The minimum Gasteiger partial charge on any atom is -0.342 e. The van der Waals surface area contributed by atoms with Crippen molar-refractivity contribution in [2.24, 2.45) is 16.6 Å². The summed E-state index contributed by atoms with van der Waals surface area (Å²) in [5, 5.41) is 7.60. The lowest BCUT2D eigenvalue weighted by molar-refractivity contribution is 0.187. The second-order valence-corrected chi connectivity index (χ2v) is 12.1. The molecule has 1 fully saturated rings. The molecule has 1 spiro atoms. The van der Waals surface area contributed by atoms with Crippen molar-refractivity contribution in [1.82, 2.24) is 25.1 Å². The Morgan fingerprint density at radius 1 is 1.08 bits per heavy atom. The smallest absolute Gasteiger partial charge is 0.264 e. The molecule has 39 heavy (non-hydrogen) atoms. The first-order valence-corrected chi connectivity index (χ1v) is 13.6. The number of aromatic amines is 2. The minimum atomic E-state index is -0.765. The van der Waals surface area contributed by atoms with Gasteiger partial charge in [0.15, 0.2) is 5.65 Å². The molecule has 0 radical (unpaired) electrons. The molecule has 2 aliphatic carbocycles. The van der Waals surface area contributed by atoms with E-state index in [-0.39, 0.29) is 33.9 Å². The lowest BCUT2D eigenvalue weighted by Gasteiger charge is -2.42. The van der Waals surface area contributed by atoms with E-state index < -0.39 is 5.41 Å². The lowest BCUT2D eigenvalue weighted by Crippen LogP contribution is -2.45. The molecular formula is C30H32FN7O. The Labute approximate surface area is 225 Å². The summed E-state index contributed by atoms with van der Waals surface area (Å²) in [6.07, 6.45) is 3.29. The highest BCUT2D eigenvalue weighted by molar-refractivity contribution is 5.95. The fourth-order valence-corrected chi connectivity index (χ4v) is 6.88. The molecule has 1 atom stereocenters. The standard InChI is InChI=1S/C30H32FN7O/c1-16-8-9-19-20(33-16)15-29(2,3)24(31)21(19)23-22-26(37-36-23)34-28(35-27(22)39)38-12-10-30(11-13-38)14-17-6-4-5-7-18(17)25(30)32/h4-9,25H,10-15,32H2,1-3H3,(H2,34,35,36,37,39)/t25-/m1/s1. The van der Waals surface area contributed by atoms with Crippen LogP contribution in [0.4, 0.5) is 10.3 Å². The maximum Gasteiger partial charge on any atom is 0.264 e. The van der Waals surface area contributed by atoms with Crippen LogP contribution in [-0.2, 0) is 12.8 Å². The van der Waals surface area contributed by atoms with Crippen LogP contribution in [0.1, 0.15) is 66.5 Å². The van der Waals surface area contributed by atoms with Gasteiger partial charge in [-0.1, -0.05) is 44.2 Å². The molecule has 1 aromatic carbocycles. The first-order valence-electron chi connectivity index (χ1n) is 13.6. The number of fused-ring (bicyclic) bond motifs is 3. The van der Waals surface area contributed by atoms with Gasteiger partial charge in [0.25, 0.3) is 5.56 Å². The molecule has 4 aromatic rings. The summed E-state index contributed by atoms with van der Waals surface area (Å²) in [7, 11) is 0. The van der Waals surface area contributed by atoms with Crippen LogP contribution in [0.3, 0.4) is 0 Å². The van der Waals surface area contributed by atoms with Crippen molar-refractivity contribution in [3.8, 4) is 0 Å². The SMILES string of the molecule is Cc1ccc2c(n1)CC(C)(C)C(F)=C2c1n[nH]c2nc(N3CCC4(CC3)Cc3ccccc3[C@H]4N)[nH]c(=O)c12. The largest absolute Gasteiger partial charge is 0.342 e. The van der Waals surface area contributed by atoms with Gasteiger partial charge < -0.3 is 10.6 Å². The number of piperidine rings is 1. The Morgan fingerprint density at radius 2 is 1.85 bits per heavy atom. The second-order valence-electron chi connectivity index (χ2n) is 12.1. The third kappa shape index (κ3) is 3.59. The van der Waals surface area contributed by atoms with Gasteiger partial charge in [0, 0.05) is 53.5 Å². The number of nitrogens with two attached hydrogens (primary N) is 1. The van der Waals surface area contributed by atoms with Gasteiger partial charge in [0.2, 0.25) is 5.95 Å². The third-order valence-corrected chi connectivity index (χ3v) is 9.11. The number of allylic oxidation sites excluding steroid dienone is 1. The zero-order valence-electron chi connectivity index (χ0n) is 22.4. The summed E-state index contributed by atoms with van der Waals surface area (Å²) >= 11 is 0. The van der Waals surface area contributed by atoms with E-state index in [1.807, 2.05) is 32.9 Å². The van der Waals surface area contributed by atoms with Crippen molar-refractivity contribution in [2.75, 3.05) is 18.0 Å². The van der Waals surface area contributed by atoms with Gasteiger partial charge in [-0.3, -0.25) is 19.9 Å². The molecule has 0 amide bonds. The zero-order valence-corrected chi connectivity index (χ0v) is 22.4. The first-order chi connectivity index (χ1) is 18.7. The number of aryl methyl sites for hydroxylation is 1. The van der Waals surface area contributed by atoms with Gasteiger partial charge in [-0.15, -0.1) is 0 Å². The molecule has 3 aliphatic rings. The summed E-state index contributed by atoms with van der Waals surface area (Å²) in [5.74, 6) is 0.200. The van der Waals surface area contributed by atoms with Gasteiger partial charge in [-0.2, -0.15) is 10.1 Å². The van der Waals surface area contributed by atoms with Crippen molar-refractivity contribution in [2.45, 2.75) is 52.5 Å². The van der Waals surface area contributed by atoms with Crippen LogP contribution in [0.15, 0.2) is 47.0 Å². The Bertz CT molecular complexity index is 1720. The number of hydrogen-bond acceptors (Lipinski definition) is 6. The van der Waals surface area contributed by atoms with Gasteiger partial charge in [0.05, 0.1) is 0 Å². The van der Waals surface area contributed by atoms with E-state index in [2.05, 4.69) is 49.3 Å². The molecule has 4 heterocycles. The Kier molecular flexibility index (Phi) is 5.17. The molecule has 4 N–H and O–H groups in total. The Hall–Kier alpha value is -3.85. The van der Waals surface area contributed by atoms with Crippen LogP contribution in [0.25, 0.3) is 16.6 Å². The van der Waals surface area contributed by atoms with Crippen LogP contribution in [0.5, 0.6) is 0 Å². The number of hydrogen-bond donors (Lipinski definition) is 3. The molecule has 0 bridgehead atoms. The Morgan fingerprint density at radius 3 is 2.62 bits per heavy atom. The van der Waals surface area contributed by atoms with Crippen molar-refractivity contribution < 1.29 is 4.39 Å². The molecule has 200 valence electrons. The van der Waals surface area contributed by atoms with E-state index in [9.17, 15) is 4.79 Å². The maximum absolute atomic E-state index is 15.9. The highest BCUT2D eigenvalue weighted by atomic mass is 19.1. The number of H-pyrrole nitrogens is 2. The highest BCUT2D eigenvalue weighted by Crippen LogP contribution is 2.51. The summed E-state index contributed by atoms with van der Waals surface area (Å²) in [5.41, 5.74) is 11.5. The summed E-state index contributed by atoms with van der Waals surface area (Å²) in [6, 6.07) is 12.2. The quantitative estimate of drug-likeness (QED) is 0.355. The third-order valence-electron chi connectivity index (χ3n) is 9.11. The van der Waals surface area contributed by atoms with Gasteiger partial charge >= 0.3 is 0 Å². The maximum atomic E-state index is 15.9. The molecule has 8 nitrogen and oxygen atoms in total.